The standard InChI is InChI=1S/C34H38P/c1-2-12-28-19-23-30(24-20-28)31-25-21-29(22-26-31)27-35(32-13-6-3-7-14-32,33-15-8-4-9-16-33)34-17-10-5-11-18-34/h3-11,13-18,21-22,25-26,28,30H,2,12,19-20,23-24,27H2,1H3/q+1. The van der Waals surface area contributed by atoms with Gasteiger partial charge < -0.3 is 0 Å². The summed E-state index contributed by atoms with van der Waals surface area (Å²) in [6.45, 7) is 2.33. The van der Waals surface area contributed by atoms with Crippen molar-refractivity contribution in [1.29, 1.82) is 0 Å². The summed E-state index contributed by atoms with van der Waals surface area (Å²) in [5.74, 6) is 1.71. The molecule has 0 nitrogen and oxygen atoms in total. The molecule has 0 heterocycles. The summed E-state index contributed by atoms with van der Waals surface area (Å²) in [5, 5.41) is 4.36. The van der Waals surface area contributed by atoms with Gasteiger partial charge in [-0.15, -0.1) is 0 Å². The highest BCUT2D eigenvalue weighted by Crippen LogP contribution is 2.58. The highest BCUT2D eigenvalue weighted by Gasteiger charge is 2.45. The molecule has 0 N–H and O–H groups in total. The molecule has 0 amide bonds. The van der Waals surface area contributed by atoms with Crippen LogP contribution in [0.5, 0.6) is 0 Å². The smallest absolute Gasteiger partial charge is 0.0654 e. The zero-order chi connectivity index (χ0) is 23.9. The fraction of sp³-hybridized carbons (Fsp3) is 0.294. The fourth-order valence-corrected chi connectivity index (χ4v) is 10.4. The lowest BCUT2D eigenvalue weighted by Crippen LogP contribution is -2.32. The number of hydrogen-bond acceptors (Lipinski definition) is 0. The Balaban J connectivity index is 1.49. The molecule has 1 saturated carbocycles. The fourth-order valence-electron chi connectivity index (χ4n) is 6.13. The van der Waals surface area contributed by atoms with Gasteiger partial charge in [-0.1, -0.05) is 98.6 Å². The molecule has 0 atom stereocenters. The van der Waals surface area contributed by atoms with Crippen LogP contribution < -0.4 is 15.9 Å². The van der Waals surface area contributed by atoms with Gasteiger partial charge in [0.15, 0.2) is 0 Å². The maximum atomic E-state index is 2.44. The molecule has 1 aliphatic carbocycles. The zero-order valence-electron chi connectivity index (χ0n) is 21.0. The molecule has 5 rings (SSSR count). The number of hydrogen-bond donors (Lipinski definition) is 0. The maximum absolute atomic E-state index is 2.44. The van der Waals surface area contributed by atoms with Crippen molar-refractivity contribution < 1.29 is 0 Å². The first-order valence-corrected chi connectivity index (χ1v) is 15.4. The summed E-state index contributed by atoms with van der Waals surface area (Å²) in [5.41, 5.74) is 2.99. The van der Waals surface area contributed by atoms with Crippen molar-refractivity contribution in [2.24, 2.45) is 5.92 Å². The van der Waals surface area contributed by atoms with Crippen LogP contribution in [0.25, 0.3) is 0 Å². The summed E-state index contributed by atoms with van der Waals surface area (Å²) >= 11 is 0. The van der Waals surface area contributed by atoms with Gasteiger partial charge in [0.1, 0.15) is 23.2 Å². The first kappa shape index (κ1) is 24.0. The number of rotatable bonds is 8. The molecule has 1 fully saturated rings. The van der Waals surface area contributed by atoms with Crippen LogP contribution in [0.4, 0.5) is 0 Å². The van der Waals surface area contributed by atoms with Crippen molar-refractivity contribution in [3.05, 3.63) is 126 Å². The van der Waals surface area contributed by atoms with Crippen molar-refractivity contribution in [2.45, 2.75) is 57.5 Å². The van der Waals surface area contributed by atoms with Crippen molar-refractivity contribution in [1.82, 2.24) is 0 Å². The summed E-state index contributed by atoms with van der Waals surface area (Å²) in [6.07, 6.45) is 9.33. The van der Waals surface area contributed by atoms with E-state index < -0.39 is 7.26 Å². The summed E-state index contributed by atoms with van der Waals surface area (Å²) in [4.78, 5) is 0. The third kappa shape index (κ3) is 5.29. The Bertz CT molecular complexity index is 1060. The topological polar surface area (TPSA) is 0 Å². The van der Waals surface area contributed by atoms with Gasteiger partial charge in [-0.05, 0) is 85.0 Å². The molecule has 0 radical (unpaired) electrons. The van der Waals surface area contributed by atoms with E-state index in [1.807, 2.05) is 0 Å². The molecule has 35 heavy (non-hydrogen) atoms. The van der Waals surface area contributed by atoms with E-state index in [4.69, 9.17) is 0 Å². The molecular weight excluding hydrogens is 439 g/mol. The van der Waals surface area contributed by atoms with Crippen LogP contribution in [0.3, 0.4) is 0 Å². The molecule has 0 bridgehead atoms. The molecule has 178 valence electrons. The van der Waals surface area contributed by atoms with Gasteiger partial charge in [-0.3, -0.25) is 0 Å². The van der Waals surface area contributed by atoms with Gasteiger partial charge >= 0.3 is 0 Å². The van der Waals surface area contributed by atoms with Gasteiger partial charge in [-0.2, -0.15) is 0 Å². The van der Waals surface area contributed by atoms with Crippen molar-refractivity contribution in [2.75, 3.05) is 0 Å². The minimum atomic E-state index is -1.84. The molecular formula is C34H38P+. The third-order valence-corrected chi connectivity index (χ3v) is 12.4. The molecule has 0 aromatic heterocycles. The lowest BCUT2D eigenvalue weighted by Gasteiger charge is -2.29. The molecule has 0 aliphatic heterocycles. The lowest BCUT2D eigenvalue weighted by atomic mass is 9.77. The van der Waals surface area contributed by atoms with Crippen LogP contribution in [-0.2, 0) is 6.16 Å². The van der Waals surface area contributed by atoms with Crippen LogP contribution >= 0.6 is 7.26 Å². The Morgan fingerprint density at radius 1 is 0.571 bits per heavy atom. The normalized spacial score (nSPS) is 18.3. The first-order chi connectivity index (χ1) is 17.3. The lowest BCUT2D eigenvalue weighted by molar-refractivity contribution is 0.308. The van der Waals surface area contributed by atoms with Crippen LogP contribution in [-0.4, -0.2) is 0 Å². The zero-order valence-corrected chi connectivity index (χ0v) is 21.9. The third-order valence-electron chi connectivity index (χ3n) is 8.01. The Kier molecular flexibility index (Phi) is 7.80. The second-order valence-electron chi connectivity index (χ2n) is 10.2. The highest BCUT2D eigenvalue weighted by atomic mass is 31.2. The Hall–Kier alpha value is -2.69. The minimum absolute atomic E-state index is 0.745. The molecule has 1 heteroatoms. The van der Waals surface area contributed by atoms with E-state index >= 15 is 0 Å². The Morgan fingerprint density at radius 2 is 1.03 bits per heavy atom. The van der Waals surface area contributed by atoms with Gasteiger partial charge in [0.2, 0.25) is 0 Å². The van der Waals surface area contributed by atoms with Crippen molar-refractivity contribution >= 4 is 23.2 Å². The van der Waals surface area contributed by atoms with Crippen LogP contribution in [0, 0.1) is 5.92 Å². The maximum Gasteiger partial charge on any atom is 0.116 e. The van der Waals surface area contributed by atoms with Crippen LogP contribution in [0.1, 0.15) is 62.5 Å². The van der Waals surface area contributed by atoms with Crippen molar-refractivity contribution in [3.8, 4) is 0 Å². The van der Waals surface area contributed by atoms with E-state index in [0.717, 1.165) is 18.0 Å². The predicted octanol–water partition coefficient (Wildman–Crippen LogP) is 8.25. The summed E-state index contributed by atoms with van der Waals surface area (Å²) < 4.78 is 0. The van der Waals surface area contributed by atoms with E-state index in [0.29, 0.717) is 0 Å². The molecule has 1 aliphatic rings. The molecule has 4 aromatic rings. The Labute approximate surface area is 212 Å². The van der Waals surface area contributed by atoms with Crippen LogP contribution in [0.2, 0.25) is 0 Å². The second-order valence-corrected chi connectivity index (χ2v) is 13.7. The average Bonchev–Trinajstić information content (AvgIpc) is 2.94. The van der Waals surface area contributed by atoms with Gasteiger partial charge in [0, 0.05) is 0 Å². The number of benzene rings is 4. The van der Waals surface area contributed by atoms with Gasteiger partial charge in [0.05, 0.1) is 6.16 Å². The molecule has 0 spiro atoms. The average molecular weight is 478 g/mol. The molecule has 0 unspecified atom stereocenters. The minimum Gasteiger partial charge on any atom is -0.0654 e. The largest absolute Gasteiger partial charge is 0.116 e. The van der Waals surface area contributed by atoms with Crippen molar-refractivity contribution in [3.63, 3.8) is 0 Å². The van der Waals surface area contributed by atoms with Crippen LogP contribution in [0.15, 0.2) is 115 Å². The summed E-state index contributed by atoms with van der Waals surface area (Å²) in [7, 11) is -1.84. The monoisotopic (exact) mass is 477 g/mol. The quantitative estimate of drug-likeness (QED) is 0.224. The van der Waals surface area contributed by atoms with E-state index in [1.54, 1.807) is 5.56 Å². The SMILES string of the molecule is CCCC1CCC(c2ccc(C[P+](c3ccccc3)(c3ccccc3)c3ccccc3)cc2)CC1. The van der Waals surface area contributed by atoms with Gasteiger partial charge in [0.25, 0.3) is 0 Å². The van der Waals surface area contributed by atoms with E-state index in [2.05, 4.69) is 122 Å². The summed E-state index contributed by atoms with van der Waals surface area (Å²) in [6, 6.07) is 43.4. The van der Waals surface area contributed by atoms with Gasteiger partial charge in [-0.25, -0.2) is 0 Å². The van der Waals surface area contributed by atoms with E-state index in [-0.39, 0.29) is 0 Å². The highest BCUT2D eigenvalue weighted by molar-refractivity contribution is 7.95. The first-order valence-electron chi connectivity index (χ1n) is 13.4. The molecule has 0 saturated heterocycles. The second kappa shape index (κ2) is 11.4. The van der Waals surface area contributed by atoms with E-state index in [9.17, 15) is 0 Å². The van der Waals surface area contributed by atoms with E-state index in [1.165, 1.54) is 60.0 Å². The predicted molar refractivity (Wildman–Crippen MR) is 155 cm³/mol. The molecule has 4 aromatic carbocycles. The Morgan fingerprint density at radius 3 is 1.46 bits per heavy atom.